The minimum absolute atomic E-state index is 0.871. The van der Waals surface area contributed by atoms with Crippen molar-refractivity contribution in [2.24, 2.45) is 0 Å². The standard InChI is InChI=1S/C73H124N2/c1-5-9-13-16-18-20-22-24-26-28-30-32-33-34-35-37-39-41-43-45-47-49-52-56-71(66-75-74)72(57-53-50-48-46-44-42-40-38-36-31-29-27-25-23-21-19-17-14-10-6-2)73(69-62-58-67(59-63-69)54-12-8-4)70-64-60-68(61-65-70)55-51-15-11-7-3/h53,57-65H,5-52,54-56H2,1-4H3. The fourth-order valence-electron chi connectivity index (χ4n) is 11.4. The van der Waals surface area contributed by atoms with Crippen molar-refractivity contribution >= 4 is 11.4 Å². The van der Waals surface area contributed by atoms with Gasteiger partial charge in [-0.05, 0) is 79.2 Å². The Bertz CT molecular complexity index is 1680. The minimum atomic E-state index is 0.871. The number of allylic oxidation sites excluding steroid dienone is 4. The molecular formula is C73H124N2. The average Bonchev–Trinajstić information content (AvgIpc) is 3.43. The van der Waals surface area contributed by atoms with Gasteiger partial charge in [-0.15, -0.1) is 4.79 Å². The lowest BCUT2D eigenvalue weighted by molar-refractivity contribution is 0.00742. The number of benzene rings is 2. The van der Waals surface area contributed by atoms with Crippen LogP contribution in [0.15, 0.2) is 71.8 Å². The van der Waals surface area contributed by atoms with Crippen LogP contribution in [-0.2, 0) is 12.8 Å². The summed E-state index contributed by atoms with van der Waals surface area (Å²) in [4.78, 5) is 3.63. The van der Waals surface area contributed by atoms with Crippen LogP contribution in [0, 0.1) is 0 Å². The predicted molar refractivity (Wildman–Crippen MR) is 337 cm³/mol. The molecule has 0 atom stereocenters. The fraction of sp³-hybridized carbons (Fsp3) is 0.753. The van der Waals surface area contributed by atoms with Crippen molar-refractivity contribution in [1.29, 1.82) is 0 Å². The summed E-state index contributed by atoms with van der Waals surface area (Å²) >= 11 is 0. The summed E-state index contributed by atoms with van der Waals surface area (Å²) in [6, 6.07) is 18.8. The molecule has 2 nitrogen and oxygen atoms in total. The highest BCUT2D eigenvalue weighted by molar-refractivity contribution is 5.88. The zero-order chi connectivity index (χ0) is 53.6. The lowest BCUT2D eigenvalue weighted by atomic mass is 9.86. The van der Waals surface area contributed by atoms with Gasteiger partial charge in [0, 0.05) is 5.57 Å². The van der Waals surface area contributed by atoms with Crippen LogP contribution in [-0.4, -0.2) is 10.7 Å². The Balaban J connectivity index is 1.93. The van der Waals surface area contributed by atoms with E-state index in [1.807, 2.05) is 0 Å². The van der Waals surface area contributed by atoms with E-state index in [0.717, 1.165) is 37.7 Å². The van der Waals surface area contributed by atoms with Crippen LogP contribution in [0.2, 0.25) is 0 Å². The molecule has 0 bridgehead atoms. The molecule has 2 rings (SSSR count). The van der Waals surface area contributed by atoms with Gasteiger partial charge in [-0.25, -0.2) is 0 Å². The maximum Gasteiger partial charge on any atom is 0.303 e. The molecule has 0 saturated heterocycles. The van der Waals surface area contributed by atoms with E-state index in [0.29, 0.717) is 0 Å². The van der Waals surface area contributed by atoms with Gasteiger partial charge < -0.3 is 5.53 Å². The maximum absolute atomic E-state index is 10.2. The monoisotopic (exact) mass is 1030 g/mol. The van der Waals surface area contributed by atoms with Crippen LogP contribution >= 0.6 is 0 Å². The van der Waals surface area contributed by atoms with Gasteiger partial charge in [-0.2, -0.15) is 0 Å². The van der Waals surface area contributed by atoms with Crippen molar-refractivity contribution < 1.29 is 4.79 Å². The first kappa shape index (κ1) is 68.2. The van der Waals surface area contributed by atoms with Crippen LogP contribution < -0.4 is 0 Å². The Hall–Kier alpha value is -2.92. The van der Waals surface area contributed by atoms with Crippen LogP contribution in [0.25, 0.3) is 11.1 Å². The Kier molecular flexibility index (Phi) is 48.3. The Morgan fingerprint density at radius 1 is 0.347 bits per heavy atom. The highest BCUT2D eigenvalue weighted by atomic mass is 14.8. The number of hydrogen-bond acceptors (Lipinski definition) is 0. The molecule has 75 heavy (non-hydrogen) atoms. The molecule has 0 radical (unpaired) electrons. The molecular weight excluding hydrogens is 905 g/mol. The summed E-state index contributed by atoms with van der Waals surface area (Å²) < 4.78 is 0. The van der Waals surface area contributed by atoms with Gasteiger partial charge in [0.25, 0.3) is 0 Å². The van der Waals surface area contributed by atoms with Crippen molar-refractivity contribution in [3.8, 4) is 0 Å². The molecule has 0 heterocycles. The molecule has 2 aromatic carbocycles. The van der Waals surface area contributed by atoms with Crippen molar-refractivity contribution in [2.75, 3.05) is 0 Å². The van der Waals surface area contributed by atoms with E-state index in [4.69, 9.17) is 0 Å². The SMILES string of the molecule is CCCCCCCCCCCCCCCCCCCCC=CC(C(=C=[N+]=[N-])CCCCCCCCCCCCCCCCCCCCCCCCC)=C(c1ccc(CCCC)cc1)c1ccc(CCCCCC)cc1. The van der Waals surface area contributed by atoms with E-state index in [1.54, 1.807) is 0 Å². The van der Waals surface area contributed by atoms with Crippen LogP contribution in [0.4, 0.5) is 0 Å². The molecule has 2 aromatic rings. The van der Waals surface area contributed by atoms with Gasteiger partial charge in [0.1, 0.15) is 0 Å². The van der Waals surface area contributed by atoms with E-state index in [1.165, 1.54) is 329 Å². The highest BCUT2D eigenvalue weighted by Gasteiger charge is 2.17. The number of rotatable bonds is 55. The summed E-state index contributed by atoms with van der Waals surface area (Å²) in [5.74, 6) is 3.16. The van der Waals surface area contributed by atoms with Gasteiger partial charge in [0.05, 0.1) is 5.57 Å². The Labute approximate surface area is 468 Å². The molecule has 0 spiro atoms. The summed E-state index contributed by atoms with van der Waals surface area (Å²) in [7, 11) is 0. The lowest BCUT2D eigenvalue weighted by Gasteiger charge is -2.16. The van der Waals surface area contributed by atoms with E-state index >= 15 is 0 Å². The molecule has 0 N–H and O–H groups in total. The second-order valence-electron chi connectivity index (χ2n) is 23.5. The second kappa shape index (κ2) is 53.1. The molecule has 0 unspecified atom stereocenters. The Morgan fingerprint density at radius 2 is 0.627 bits per heavy atom. The van der Waals surface area contributed by atoms with Crippen LogP contribution in [0.1, 0.15) is 365 Å². The summed E-state index contributed by atoms with van der Waals surface area (Å²) in [6.07, 6.45) is 74.0. The van der Waals surface area contributed by atoms with Gasteiger partial charge >= 0.3 is 5.87 Å². The third kappa shape index (κ3) is 39.2. The highest BCUT2D eigenvalue weighted by Crippen LogP contribution is 2.34. The van der Waals surface area contributed by atoms with Gasteiger partial charge in [0.15, 0.2) is 0 Å². The molecule has 0 aliphatic rings. The van der Waals surface area contributed by atoms with Gasteiger partial charge in [-0.3, -0.25) is 0 Å². The third-order valence-electron chi connectivity index (χ3n) is 16.4. The Morgan fingerprint density at radius 3 is 0.947 bits per heavy atom. The zero-order valence-corrected chi connectivity index (χ0v) is 50.7. The topological polar surface area (TPSA) is 36.4 Å². The van der Waals surface area contributed by atoms with Crippen molar-refractivity contribution in [2.45, 2.75) is 355 Å². The number of unbranched alkanes of at least 4 members (excludes halogenated alkanes) is 44. The van der Waals surface area contributed by atoms with E-state index < -0.39 is 0 Å². The number of nitrogens with zero attached hydrogens (tertiary/aromatic N) is 2. The quantitative estimate of drug-likeness (QED) is 0.0208. The molecule has 0 amide bonds. The minimum Gasteiger partial charge on any atom is -0.348 e. The first-order valence-electron chi connectivity index (χ1n) is 33.7. The molecule has 0 aliphatic heterocycles. The molecule has 0 fully saturated rings. The normalized spacial score (nSPS) is 11.9. The second-order valence-corrected chi connectivity index (χ2v) is 23.5. The van der Waals surface area contributed by atoms with Crippen molar-refractivity contribution in [1.82, 2.24) is 0 Å². The van der Waals surface area contributed by atoms with E-state index in [9.17, 15) is 5.53 Å². The predicted octanol–water partition coefficient (Wildman–Crippen LogP) is 25.2. The lowest BCUT2D eigenvalue weighted by Crippen LogP contribution is -2.00. The maximum atomic E-state index is 10.2. The van der Waals surface area contributed by atoms with Gasteiger partial charge in [0.2, 0.25) is 0 Å². The fourth-order valence-corrected chi connectivity index (χ4v) is 11.4. The largest absolute Gasteiger partial charge is 0.348 e. The smallest absolute Gasteiger partial charge is 0.303 e. The van der Waals surface area contributed by atoms with E-state index in [2.05, 4.69) is 99.0 Å². The molecule has 2 heteroatoms. The van der Waals surface area contributed by atoms with Gasteiger partial charge in [-0.1, -0.05) is 364 Å². The average molecular weight is 1030 g/mol. The third-order valence-corrected chi connectivity index (χ3v) is 16.4. The zero-order valence-electron chi connectivity index (χ0n) is 50.7. The molecule has 426 valence electrons. The summed E-state index contributed by atoms with van der Waals surface area (Å²) in [5, 5.41) is 0. The van der Waals surface area contributed by atoms with E-state index in [-0.39, 0.29) is 0 Å². The van der Waals surface area contributed by atoms with Crippen LogP contribution in [0.3, 0.4) is 0 Å². The number of hydrogen-bond donors (Lipinski definition) is 0. The molecule has 0 aliphatic carbocycles. The molecule has 0 saturated carbocycles. The van der Waals surface area contributed by atoms with Crippen molar-refractivity contribution in [3.63, 3.8) is 0 Å². The first-order valence-corrected chi connectivity index (χ1v) is 33.7. The summed E-state index contributed by atoms with van der Waals surface area (Å²) in [5.41, 5.74) is 18.9. The van der Waals surface area contributed by atoms with Crippen molar-refractivity contribution in [3.05, 3.63) is 99.6 Å². The first-order chi connectivity index (χ1) is 37.2. The van der Waals surface area contributed by atoms with Crippen LogP contribution in [0.5, 0.6) is 0 Å². The molecule has 0 aromatic heterocycles. The summed E-state index contributed by atoms with van der Waals surface area (Å²) in [6.45, 7) is 9.19. The number of aryl methyl sites for hydroxylation is 2.